The van der Waals surface area contributed by atoms with Gasteiger partial charge in [-0.1, -0.05) is 26.7 Å². The first-order valence-electron chi connectivity index (χ1n) is 8.64. The van der Waals surface area contributed by atoms with Crippen molar-refractivity contribution in [2.45, 2.75) is 58.1 Å². The topological polar surface area (TPSA) is 55.8 Å². The van der Waals surface area contributed by atoms with Gasteiger partial charge in [-0.2, -0.15) is 0 Å². The molecule has 5 heteroatoms. The molecule has 2 N–H and O–H groups in total. The number of carbonyl (C=O) groups is 1. The Labute approximate surface area is 136 Å². The van der Waals surface area contributed by atoms with Crippen LogP contribution < -0.4 is 5.32 Å². The number of aliphatic hydroxyl groups is 1. The van der Waals surface area contributed by atoms with E-state index in [1.165, 1.54) is 0 Å². The van der Waals surface area contributed by atoms with E-state index < -0.39 is 0 Å². The fourth-order valence-corrected chi connectivity index (χ4v) is 3.31. The summed E-state index contributed by atoms with van der Waals surface area (Å²) in [5, 5.41) is 13.2. The van der Waals surface area contributed by atoms with E-state index in [1.807, 2.05) is 21.1 Å². The molecular weight excluding hydrogens is 278 g/mol. The van der Waals surface area contributed by atoms with Gasteiger partial charge in [0.25, 0.3) is 0 Å². The van der Waals surface area contributed by atoms with Crippen molar-refractivity contribution in [1.29, 1.82) is 0 Å². The van der Waals surface area contributed by atoms with Crippen LogP contribution in [0.15, 0.2) is 0 Å². The molecule has 2 amide bonds. The third-order valence-electron chi connectivity index (χ3n) is 4.39. The lowest BCUT2D eigenvalue weighted by Gasteiger charge is -2.32. The molecule has 0 radical (unpaired) electrons. The molecule has 1 saturated carbocycles. The lowest BCUT2D eigenvalue weighted by Crippen LogP contribution is -2.49. The van der Waals surface area contributed by atoms with Crippen LogP contribution in [0.4, 0.5) is 4.79 Å². The van der Waals surface area contributed by atoms with Crippen LogP contribution in [-0.4, -0.2) is 67.3 Å². The maximum atomic E-state index is 12.4. The van der Waals surface area contributed by atoms with Gasteiger partial charge in [0.1, 0.15) is 0 Å². The third-order valence-corrected chi connectivity index (χ3v) is 4.39. The number of nitrogens with one attached hydrogen (secondary N) is 1. The van der Waals surface area contributed by atoms with Crippen molar-refractivity contribution in [2.75, 3.05) is 34.2 Å². The first-order valence-corrected chi connectivity index (χ1v) is 8.64. The van der Waals surface area contributed by atoms with Gasteiger partial charge in [-0.05, 0) is 39.3 Å². The molecule has 130 valence electrons. The average Bonchev–Trinajstić information content (AvgIpc) is 2.39. The van der Waals surface area contributed by atoms with Crippen LogP contribution in [0, 0.1) is 11.8 Å². The predicted octanol–water partition coefficient (Wildman–Crippen LogP) is 2.16. The molecule has 1 aliphatic rings. The summed E-state index contributed by atoms with van der Waals surface area (Å²) in [6, 6.07) is 0.145. The number of hydrogen-bond donors (Lipinski definition) is 2. The molecule has 1 aliphatic carbocycles. The number of aliphatic hydroxyl groups excluding tert-OH is 1. The summed E-state index contributed by atoms with van der Waals surface area (Å²) in [5.74, 6) is 0.776. The highest BCUT2D eigenvalue weighted by Gasteiger charge is 2.26. The van der Waals surface area contributed by atoms with E-state index in [2.05, 4.69) is 24.1 Å². The number of nitrogens with zero attached hydrogens (tertiary/aromatic N) is 2. The van der Waals surface area contributed by atoms with Crippen molar-refractivity contribution < 1.29 is 9.90 Å². The second kappa shape index (κ2) is 9.36. The summed E-state index contributed by atoms with van der Waals surface area (Å²) in [5.41, 5.74) is 0. The number of rotatable bonds is 7. The predicted molar refractivity (Wildman–Crippen MR) is 90.9 cm³/mol. The molecule has 22 heavy (non-hydrogen) atoms. The monoisotopic (exact) mass is 313 g/mol. The van der Waals surface area contributed by atoms with Crippen LogP contribution >= 0.6 is 0 Å². The molecule has 1 fully saturated rings. The minimum Gasteiger partial charge on any atom is -0.393 e. The molecule has 0 aromatic rings. The third kappa shape index (κ3) is 6.97. The first-order chi connectivity index (χ1) is 10.3. The zero-order chi connectivity index (χ0) is 16.7. The Morgan fingerprint density at radius 2 is 1.86 bits per heavy atom. The second-order valence-corrected chi connectivity index (χ2v) is 7.53. The molecule has 0 aromatic carbocycles. The fraction of sp³-hybridized carbons (Fsp3) is 0.941. The fourth-order valence-electron chi connectivity index (χ4n) is 3.31. The van der Waals surface area contributed by atoms with Gasteiger partial charge in [0.2, 0.25) is 0 Å². The zero-order valence-electron chi connectivity index (χ0n) is 15.0. The van der Waals surface area contributed by atoms with Crippen molar-refractivity contribution in [3.05, 3.63) is 0 Å². The van der Waals surface area contributed by atoms with E-state index >= 15 is 0 Å². The number of amides is 2. The van der Waals surface area contributed by atoms with Gasteiger partial charge in [0, 0.05) is 32.1 Å². The molecule has 3 unspecified atom stereocenters. The van der Waals surface area contributed by atoms with Crippen LogP contribution in [0.1, 0.15) is 46.0 Å². The summed E-state index contributed by atoms with van der Waals surface area (Å²) in [6.07, 6.45) is 4.88. The van der Waals surface area contributed by atoms with E-state index in [9.17, 15) is 9.90 Å². The van der Waals surface area contributed by atoms with E-state index in [-0.39, 0.29) is 24.1 Å². The first kappa shape index (κ1) is 19.2. The van der Waals surface area contributed by atoms with E-state index in [0.29, 0.717) is 12.5 Å². The lowest BCUT2D eigenvalue weighted by atomic mass is 9.86. The highest BCUT2D eigenvalue weighted by Crippen LogP contribution is 2.24. The maximum absolute atomic E-state index is 12.4. The largest absolute Gasteiger partial charge is 0.393 e. The summed E-state index contributed by atoms with van der Waals surface area (Å²) >= 11 is 0. The van der Waals surface area contributed by atoms with Gasteiger partial charge < -0.3 is 20.2 Å². The van der Waals surface area contributed by atoms with Crippen LogP contribution in [0.2, 0.25) is 0 Å². The highest BCUT2D eigenvalue weighted by molar-refractivity contribution is 5.74. The summed E-state index contributed by atoms with van der Waals surface area (Å²) in [7, 11) is 5.89. The smallest absolute Gasteiger partial charge is 0.317 e. The molecule has 0 aliphatic heterocycles. The van der Waals surface area contributed by atoms with Crippen LogP contribution in [0.5, 0.6) is 0 Å². The molecular formula is C17H35N3O2. The molecule has 0 aromatic heterocycles. The summed E-state index contributed by atoms with van der Waals surface area (Å²) in [4.78, 5) is 16.3. The number of likely N-dealkylation sites (N-methyl/N-ethyl adjacent to an activating group) is 1. The summed E-state index contributed by atoms with van der Waals surface area (Å²) in [6.45, 7) is 5.85. The number of hydrogen-bond acceptors (Lipinski definition) is 3. The molecule has 5 nitrogen and oxygen atoms in total. The van der Waals surface area contributed by atoms with Crippen molar-refractivity contribution in [3.63, 3.8) is 0 Å². The zero-order valence-corrected chi connectivity index (χ0v) is 15.0. The minimum atomic E-state index is -0.253. The maximum Gasteiger partial charge on any atom is 0.317 e. The van der Waals surface area contributed by atoms with Gasteiger partial charge in [-0.25, -0.2) is 4.79 Å². The van der Waals surface area contributed by atoms with Gasteiger partial charge in [-0.3, -0.25) is 0 Å². The number of carbonyl (C=O) groups excluding carboxylic acids is 1. The lowest BCUT2D eigenvalue weighted by molar-refractivity contribution is 0.0561. The average molecular weight is 313 g/mol. The Morgan fingerprint density at radius 1 is 1.23 bits per heavy atom. The molecule has 0 bridgehead atoms. The van der Waals surface area contributed by atoms with Gasteiger partial charge in [0.15, 0.2) is 0 Å². The van der Waals surface area contributed by atoms with Gasteiger partial charge >= 0.3 is 6.03 Å². The molecule has 3 atom stereocenters. The molecule has 0 spiro atoms. The van der Waals surface area contributed by atoms with Crippen molar-refractivity contribution in [1.82, 2.24) is 15.1 Å². The van der Waals surface area contributed by atoms with Crippen molar-refractivity contribution in [2.24, 2.45) is 11.8 Å². The van der Waals surface area contributed by atoms with Gasteiger partial charge in [-0.15, -0.1) is 0 Å². The highest BCUT2D eigenvalue weighted by atomic mass is 16.3. The Balaban J connectivity index is 2.48. The van der Waals surface area contributed by atoms with E-state index in [0.717, 1.165) is 38.6 Å². The number of urea groups is 1. The Morgan fingerprint density at radius 3 is 2.41 bits per heavy atom. The van der Waals surface area contributed by atoms with Crippen molar-refractivity contribution in [3.8, 4) is 0 Å². The van der Waals surface area contributed by atoms with Crippen LogP contribution in [-0.2, 0) is 0 Å². The van der Waals surface area contributed by atoms with Gasteiger partial charge in [0.05, 0.1) is 6.10 Å². The van der Waals surface area contributed by atoms with Crippen LogP contribution in [0.3, 0.4) is 0 Å². The Kier molecular flexibility index (Phi) is 8.18. The SMILES string of the molecule is CC(C)CC(CN(C)C)NC(=O)N(C)CC1CCCCC1O. The molecule has 0 saturated heterocycles. The second-order valence-electron chi connectivity index (χ2n) is 7.53. The van der Waals surface area contributed by atoms with E-state index in [4.69, 9.17) is 0 Å². The van der Waals surface area contributed by atoms with Crippen molar-refractivity contribution >= 4 is 6.03 Å². The molecule has 1 rings (SSSR count). The Hall–Kier alpha value is -0.810. The quantitative estimate of drug-likeness (QED) is 0.757. The van der Waals surface area contributed by atoms with Crippen LogP contribution in [0.25, 0.3) is 0 Å². The minimum absolute atomic E-state index is 0.0229. The normalized spacial score (nSPS) is 23.6. The standard InChI is InChI=1S/C17H35N3O2/c1-13(2)10-15(12-19(3)4)18-17(22)20(5)11-14-8-6-7-9-16(14)21/h13-16,21H,6-12H2,1-5H3,(H,18,22). The summed E-state index contributed by atoms with van der Waals surface area (Å²) < 4.78 is 0. The molecule has 0 heterocycles. The van der Waals surface area contributed by atoms with E-state index in [1.54, 1.807) is 4.90 Å². The Bertz CT molecular complexity index is 324.